The highest BCUT2D eigenvalue weighted by Gasteiger charge is 2.33. The van der Waals surface area contributed by atoms with Crippen molar-refractivity contribution in [1.29, 1.82) is 0 Å². The summed E-state index contributed by atoms with van der Waals surface area (Å²) in [4.78, 5) is 14.1. The molecule has 0 aliphatic carbocycles. The number of benzene rings is 1. The predicted octanol–water partition coefficient (Wildman–Crippen LogP) is 2.42. The van der Waals surface area contributed by atoms with Crippen LogP contribution in [0.5, 0.6) is 0 Å². The summed E-state index contributed by atoms with van der Waals surface area (Å²) in [5.41, 5.74) is 1.87. The van der Waals surface area contributed by atoms with Crippen molar-refractivity contribution in [3.63, 3.8) is 0 Å². The average Bonchev–Trinajstić information content (AvgIpc) is 3.15. The lowest BCUT2D eigenvalue weighted by Gasteiger charge is -2.23. The van der Waals surface area contributed by atoms with Crippen LogP contribution in [-0.4, -0.2) is 55.3 Å². The zero-order valence-electron chi connectivity index (χ0n) is 12.4. The maximum atomic E-state index is 12.5. The van der Waals surface area contributed by atoms with Gasteiger partial charge in [-0.2, -0.15) is 0 Å². The summed E-state index contributed by atoms with van der Waals surface area (Å²) < 4.78 is 23.6. The molecule has 0 radical (unpaired) electrons. The van der Waals surface area contributed by atoms with Crippen LogP contribution in [0.25, 0.3) is 0 Å². The molecule has 0 unspecified atom stereocenters. The number of carbonyl (C=O) groups excluding carboxylic acids is 1. The summed E-state index contributed by atoms with van der Waals surface area (Å²) in [5.74, 6) is 2.52. The molecule has 4 nitrogen and oxygen atoms in total. The van der Waals surface area contributed by atoms with Gasteiger partial charge in [0.2, 0.25) is 0 Å². The van der Waals surface area contributed by atoms with E-state index in [1.165, 1.54) is 17.1 Å². The minimum Gasteiger partial charge on any atom is -0.338 e. The molecule has 1 aromatic carbocycles. The van der Waals surface area contributed by atoms with Crippen molar-refractivity contribution in [2.24, 2.45) is 0 Å². The Labute approximate surface area is 139 Å². The first-order valence-electron chi connectivity index (χ1n) is 7.27. The van der Waals surface area contributed by atoms with Crippen molar-refractivity contribution in [3.8, 4) is 0 Å². The van der Waals surface area contributed by atoms with Gasteiger partial charge in [-0.15, -0.1) is 23.5 Å². The Bertz CT molecular complexity index is 651. The highest BCUT2D eigenvalue weighted by molar-refractivity contribution is 8.19. The molecule has 0 aromatic heterocycles. The highest BCUT2D eigenvalue weighted by atomic mass is 32.2. The van der Waals surface area contributed by atoms with Gasteiger partial charge in [0.05, 0.1) is 16.1 Å². The van der Waals surface area contributed by atoms with Crippen molar-refractivity contribution in [1.82, 2.24) is 4.90 Å². The predicted molar refractivity (Wildman–Crippen MR) is 93.3 cm³/mol. The second-order valence-corrected chi connectivity index (χ2v) is 10.6. The summed E-state index contributed by atoms with van der Waals surface area (Å²) in [6, 6.07) is 7.55. The second-order valence-electron chi connectivity index (χ2n) is 5.67. The molecular formula is C15H19NO3S3. The topological polar surface area (TPSA) is 54.5 Å². The van der Waals surface area contributed by atoms with E-state index in [0.717, 1.165) is 0 Å². The zero-order chi connectivity index (χ0) is 15.7. The van der Waals surface area contributed by atoms with Crippen molar-refractivity contribution < 1.29 is 13.2 Å². The molecule has 1 amide bonds. The van der Waals surface area contributed by atoms with Crippen LogP contribution in [-0.2, 0) is 9.84 Å². The molecule has 3 rings (SSSR count). The monoisotopic (exact) mass is 357 g/mol. The van der Waals surface area contributed by atoms with Crippen molar-refractivity contribution in [2.45, 2.75) is 17.0 Å². The molecule has 2 aliphatic heterocycles. The summed E-state index contributed by atoms with van der Waals surface area (Å²) >= 11 is 3.87. The van der Waals surface area contributed by atoms with Gasteiger partial charge in [0.15, 0.2) is 9.84 Å². The molecule has 22 heavy (non-hydrogen) atoms. The van der Waals surface area contributed by atoms with E-state index in [9.17, 15) is 13.2 Å². The summed E-state index contributed by atoms with van der Waals surface area (Å²) in [6.45, 7) is 0. The summed E-state index contributed by atoms with van der Waals surface area (Å²) in [7, 11) is -1.27. The first kappa shape index (κ1) is 16.2. The third kappa shape index (κ3) is 3.46. The first-order chi connectivity index (χ1) is 10.5. The molecule has 7 heteroatoms. The standard InChI is InChI=1S/C15H19NO3S3/c1-16(13-6-9-22(18,19)10-13)14(17)11-2-4-12(5-3-11)15-20-7-8-21-15/h2-5,13,15H,6-10H2,1H3/t13-/m0/s1. The maximum Gasteiger partial charge on any atom is 0.253 e. The molecule has 0 saturated carbocycles. The van der Waals surface area contributed by atoms with Gasteiger partial charge >= 0.3 is 0 Å². The summed E-state index contributed by atoms with van der Waals surface area (Å²) in [6.07, 6.45) is 0.540. The molecule has 2 saturated heterocycles. The van der Waals surface area contributed by atoms with E-state index in [-0.39, 0.29) is 23.5 Å². The van der Waals surface area contributed by atoms with Crippen LogP contribution in [0.3, 0.4) is 0 Å². The molecule has 0 bridgehead atoms. The van der Waals surface area contributed by atoms with Gasteiger partial charge in [-0.1, -0.05) is 12.1 Å². The van der Waals surface area contributed by atoms with Crippen LogP contribution in [0.15, 0.2) is 24.3 Å². The van der Waals surface area contributed by atoms with E-state index in [1.54, 1.807) is 11.9 Å². The molecule has 1 aromatic rings. The van der Waals surface area contributed by atoms with Crippen molar-refractivity contribution in [2.75, 3.05) is 30.1 Å². The fraction of sp³-hybridized carbons (Fsp3) is 0.533. The smallest absolute Gasteiger partial charge is 0.253 e. The van der Waals surface area contributed by atoms with E-state index in [4.69, 9.17) is 0 Å². The zero-order valence-corrected chi connectivity index (χ0v) is 14.8. The minimum absolute atomic E-state index is 0.0860. The number of rotatable bonds is 3. The van der Waals surface area contributed by atoms with Crippen molar-refractivity contribution >= 4 is 39.3 Å². The Kier molecular flexibility index (Phi) is 4.75. The number of thioether (sulfide) groups is 2. The number of hydrogen-bond acceptors (Lipinski definition) is 5. The number of carbonyl (C=O) groups is 1. The van der Waals surface area contributed by atoms with E-state index in [0.29, 0.717) is 16.6 Å². The Morgan fingerprint density at radius 3 is 2.36 bits per heavy atom. The van der Waals surface area contributed by atoms with E-state index < -0.39 is 9.84 Å². The number of nitrogens with zero attached hydrogens (tertiary/aromatic N) is 1. The third-order valence-corrected chi connectivity index (χ3v) is 8.98. The molecule has 1 atom stereocenters. The molecule has 2 heterocycles. The number of amides is 1. The SMILES string of the molecule is CN(C(=O)c1ccc(C2SCCS2)cc1)[C@H]1CCS(=O)(=O)C1. The highest BCUT2D eigenvalue weighted by Crippen LogP contribution is 2.45. The van der Waals surface area contributed by atoms with E-state index in [1.807, 2.05) is 47.8 Å². The fourth-order valence-corrected chi connectivity index (χ4v) is 7.42. The van der Waals surface area contributed by atoms with Gasteiger partial charge in [0.1, 0.15) is 0 Å². The minimum atomic E-state index is -2.97. The van der Waals surface area contributed by atoms with Crippen LogP contribution in [0.2, 0.25) is 0 Å². The second kappa shape index (κ2) is 6.45. The molecule has 120 valence electrons. The lowest BCUT2D eigenvalue weighted by atomic mass is 10.1. The Morgan fingerprint density at radius 2 is 1.82 bits per heavy atom. The molecule has 0 spiro atoms. The van der Waals surface area contributed by atoms with E-state index >= 15 is 0 Å². The van der Waals surface area contributed by atoms with Crippen LogP contribution < -0.4 is 0 Å². The Morgan fingerprint density at radius 1 is 1.18 bits per heavy atom. The van der Waals surface area contributed by atoms with Gasteiger partial charge in [-0.25, -0.2) is 8.42 Å². The third-order valence-electron chi connectivity index (χ3n) is 4.13. The number of sulfone groups is 1. The summed E-state index contributed by atoms with van der Waals surface area (Å²) in [5, 5.41) is 0. The first-order valence-corrected chi connectivity index (χ1v) is 11.2. The largest absolute Gasteiger partial charge is 0.338 e. The van der Waals surface area contributed by atoms with Crippen LogP contribution in [0.4, 0.5) is 0 Å². The molecule has 2 fully saturated rings. The van der Waals surface area contributed by atoms with E-state index in [2.05, 4.69) is 0 Å². The maximum absolute atomic E-state index is 12.5. The van der Waals surface area contributed by atoms with Gasteiger partial charge in [0.25, 0.3) is 5.91 Å². The quantitative estimate of drug-likeness (QED) is 0.832. The van der Waals surface area contributed by atoms with Gasteiger partial charge in [-0.3, -0.25) is 4.79 Å². The van der Waals surface area contributed by atoms with Gasteiger partial charge in [-0.05, 0) is 24.1 Å². The lowest BCUT2D eigenvalue weighted by Crippen LogP contribution is -2.37. The van der Waals surface area contributed by atoms with Crippen LogP contribution in [0.1, 0.15) is 26.9 Å². The fourth-order valence-electron chi connectivity index (χ4n) is 2.78. The normalized spacial score (nSPS) is 24.5. The van der Waals surface area contributed by atoms with Crippen LogP contribution >= 0.6 is 23.5 Å². The molecule has 2 aliphatic rings. The lowest BCUT2D eigenvalue weighted by molar-refractivity contribution is 0.0747. The molecule has 0 N–H and O–H groups in total. The molecular weight excluding hydrogens is 338 g/mol. The van der Waals surface area contributed by atoms with Gasteiger partial charge in [0, 0.05) is 30.2 Å². The van der Waals surface area contributed by atoms with Crippen LogP contribution in [0, 0.1) is 0 Å². The Balaban J connectivity index is 1.69. The number of hydrogen-bond donors (Lipinski definition) is 0. The van der Waals surface area contributed by atoms with Gasteiger partial charge < -0.3 is 4.90 Å². The van der Waals surface area contributed by atoms with Crippen molar-refractivity contribution in [3.05, 3.63) is 35.4 Å². The average molecular weight is 358 g/mol. The Hall–Kier alpha value is -0.660.